The van der Waals surface area contributed by atoms with E-state index < -0.39 is 21.8 Å². The van der Waals surface area contributed by atoms with Crippen LogP contribution in [0.2, 0.25) is 0 Å². The van der Waals surface area contributed by atoms with E-state index in [0.717, 1.165) is 208 Å². The number of para-hydroxylation sites is 6. The number of hydrogen-bond acceptors (Lipinski definition) is 8. The van der Waals surface area contributed by atoms with Crippen molar-refractivity contribution in [1.29, 1.82) is 5.26 Å². The molecule has 8 heteroatoms. The molecule has 0 radical (unpaired) electrons. The Morgan fingerprint density at radius 3 is 0.692 bits per heavy atom. The molecule has 0 bridgehead atoms. The molecule has 8 nitrogen and oxygen atoms in total. The second-order valence-electron chi connectivity index (χ2n) is 35.3. The molecule has 0 saturated heterocycles. The fourth-order valence-electron chi connectivity index (χ4n) is 22.1. The maximum Gasteiger partial charge on any atom is 0.132 e. The van der Waals surface area contributed by atoms with Gasteiger partial charge in [0.05, 0.1) is 67.2 Å². The van der Waals surface area contributed by atoms with Gasteiger partial charge >= 0.3 is 0 Å². The molecule has 18 aromatic carbocycles. The van der Waals surface area contributed by atoms with Gasteiger partial charge in [-0.25, -0.2) is 0 Å². The maximum atomic E-state index is 14.4. The Labute approximate surface area is 757 Å². The first kappa shape index (κ1) is 77.3. The van der Waals surface area contributed by atoms with E-state index in [9.17, 15) is 10.4 Å². The predicted molar refractivity (Wildman–Crippen MR) is 524 cm³/mol. The Hall–Kier alpha value is -16.3. The molecule has 0 atom stereocenters. The van der Waals surface area contributed by atoms with Gasteiger partial charge in [0.15, 0.2) is 0 Å². The zero-order valence-corrected chi connectivity index (χ0v) is 71.9. The molecule has 6 aliphatic heterocycles. The summed E-state index contributed by atoms with van der Waals surface area (Å²) in [5.41, 5.74) is 27.2. The first-order valence-corrected chi connectivity index (χ1v) is 44.7. The lowest BCUT2D eigenvalue weighted by Gasteiger charge is -2.51. The largest absolute Gasteiger partial charge is 0.457 e. The minimum atomic E-state index is -1.29. The van der Waals surface area contributed by atoms with Crippen molar-refractivity contribution in [2.75, 3.05) is 14.7 Å². The van der Waals surface area contributed by atoms with Crippen molar-refractivity contribution in [3.05, 3.63) is 526 Å². The number of benzene rings is 18. The van der Waals surface area contributed by atoms with Crippen LogP contribution in [-0.2, 0) is 16.2 Å². The van der Waals surface area contributed by atoms with Crippen molar-refractivity contribution in [3.63, 3.8) is 0 Å². The van der Waals surface area contributed by atoms with Crippen molar-refractivity contribution in [1.82, 2.24) is 0 Å². The highest BCUT2D eigenvalue weighted by atomic mass is 16.5. The second-order valence-corrected chi connectivity index (χ2v) is 35.3. The molecule has 0 aliphatic carbocycles. The molecule has 24 rings (SSSR count). The van der Waals surface area contributed by atoms with Crippen LogP contribution >= 0.6 is 0 Å². The van der Waals surface area contributed by atoms with Gasteiger partial charge in [-0.2, -0.15) is 5.26 Å². The molecule has 6 heterocycles. The molecular formula is C122H86N4O4. The molecule has 0 unspecified atom stereocenters. The number of nitriles is 1. The van der Waals surface area contributed by atoms with Gasteiger partial charge in [-0.05, 0) is 243 Å². The van der Waals surface area contributed by atoms with Crippen molar-refractivity contribution in [3.8, 4) is 107 Å². The molecule has 0 fully saturated rings. The first-order chi connectivity index (χ1) is 64.0. The zero-order valence-electron chi connectivity index (χ0n) is 71.9. The van der Waals surface area contributed by atoms with Gasteiger partial charge in [-0.1, -0.05) is 328 Å². The smallest absolute Gasteiger partial charge is 0.132 e. The first-order valence-electron chi connectivity index (χ1n) is 44.7. The highest BCUT2D eigenvalue weighted by molar-refractivity contribution is 5.99. The highest BCUT2D eigenvalue weighted by Crippen LogP contribution is 2.69. The lowest BCUT2D eigenvalue weighted by Crippen LogP contribution is -2.43. The van der Waals surface area contributed by atoms with Crippen LogP contribution in [0.3, 0.4) is 0 Å². The van der Waals surface area contributed by atoms with Gasteiger partial charge < -0.3 is 34.0 Å². The van der Waals surface area contributed by atoms with Crippen molar-refractivity contribution < 1.29 is 19.3 Å². The van der Waals surface area contributed by atoms with Crippen LogP contribution in [-0.4, -0.2) is 10.7 Å². The molecule has 6 aliphatic rings. The monoisotopic (exact) mass is 1670 g/mol. The molecule has 0 saturated carbocycles. The maximum absolute atomic E-state index is 14.4. The van der Waals surface area contributed by atoms with Crippen LogP contribution in [0.15, 0.2) is 459 Å². The molecule has 0 aromatic heterocycles. The summed E-state index contributed by atoms with van der Waals surface area (Å²) in [7, 11) is 0. The summed E-state index contributed by atoms with van der Waals surface area (Å²) in [6.45, 7) is 6.05. The SMILES string of the molecule is C/C(=C(\C(C#N)=C(/CCC(C)(C)O)N1c2ccc(-c3ccccc3)cc2C2(c3ccccc3Oc3ccccc32)c2cc(-c3ccccc3)ccc21)N1c2ccc(-c3ccccc3)cc2C2(c3ccccc3Oc3ccccc32)c2cc(-c3ccccc3)ccc21)N1c2ccc(-c3ccccc3)cc2C2(c3ccccc3Oc3ccccc32)c2cc(-c3ccccc3)ccc21. The third kappa shape index (κ3) is 11.9. The number of rotatable bonds is 13. The van der Waals surface area contributed by atoms with E-state index in [-0.39, 0.29) is 12.8 Å². The van der Waals surface area contributed by atoms with E-state index in [2.05, 4.69) is 464 Å². The third-order valence-corrected chi connectivity index (χ3v) is 27.7. The summed E-state index contributed by atoms with van der Waals surface area (Å²) in [5, 5.41) is 27.4. The van der Waals surface area contributed by atoms with E-state index in [1.807, 2.05) is 13.8 Å². The normalized spacial score (nSPS) is 14.6. The number of ether oxygens (including phenoxy) is 3. The van der Waals surface area contributed by atoms with Gasteiger partial charge in [0.2, 0.25) is 0 Å². The average molecular weight is 1670 g/mol. The van der Waals surface area contributed by atoms with Crippen molar-refractivity contribution in [2.24, 2.45) is 0 Å². The Morgan fingerprint density at radius 2 is 0.469 bits per heavy atom. The summed E-state index contributed by atoms with van der Waals surface area (Å²) in [5.74, 6) is 4.45. The van der Waals surface area contributed by atoms with Gasteiger partial charge in [0.25, 0.3) is 0 Å². The van der Waals surface area contributed by atoms with Gasteiger partial charge in [-0.15, -0.1) is 0 Å². The molecule has 618 valence electrons. The number of anilines is 6. The third-order valence-electron chi connectivity index (χ3n) is 27.7. The minimum Gasteiger partial charge on any atom is -0.457 e. The fourth-order valence-corrected chi connectivity index (χ4v) is 22.1. The van der Waals surface area contributed by atoms with Gasteiger partial charge in [-0.3, -0.25) is 0 Å². The van der Waals surface area contributed by atoms with E-state index in [4.69, 9.17) is 14.2 Å². The van der Waals surface area contributed by atoms with Crippen molar-refractivity contribution >= 4 is 34.1 Å². The molecule has 130 heavy (non-hydrogen) atoms. The fraction of sp³-hybridized carbons (Fsp3) is 0.0738. The van der Waals surface area contributed by atoms with Crippen LogP contribution in [0.5, 0.6) is 34.5 Å². The summed E-state index contributed by atoms with van der Waals surface area (Å²) in [6, 6.07) is 161. The molecule has 18 aromatic rings. The predicted octanol–water partition coefficient (Wildman–Crippen LogP) is 30.5. The lowest BCUT2D eigenvalue weighted by molar-refractivity contribution is 0.0712. The number of aliphatic hydroxyl groups is 1. The molecular weight excluding hydrogens is 1590 g/mol. The zero-order chi connectivity index (χ0) is 87.0. The lowest BCUT2D eigenvalue weighted by atomic mass is 9.60. The van der Waals surface area contributed by atoms with E-state index in [1.165, 1.54) is 0 Å². The minimum absolute atomic E-state index is 0.187. The second kappa shape index (κ2) is 30.5. The van der Waals surface area contributed by atoms with Crippen LogP contribution in [0.4, 0.5) is 34.1 Å². The number of allylic oxidation sites excluding steroid dienone is 3. The Bertz CT molecular complexity index is 7310. The number of hydrogen-bond donors (Lipinski definition) is 1. The summed E-state index contributed by atoms with van der Waals surface area (Å²) < 4.78 is 21.7. The molecule has 0 amide bonds. The molecule has 1 N–H and O–H groups in total. The van der Waals surface area contributed by atoms with Gasteiger partial charge in [0.1, 0.15) is 40.6 Å². The standard InChI is InChI=1S/C122H86N4O4/c1-79(124-106-64-58-86(80-34-10-4-11-35-80)72-99(106)120(100-73-87(59-65-107(100)124)81-36-12-5-13-37-81)93-46-22-28-52-112(93)128-113-53-29-23-47-94(113)120)118(126-110-68-62-90(84-42-18-8-19-43-84)76-103(110)122(104-77-91(63-69-111(104)126)85-44-20-9-21-45-85)97-50-26-32-56-116(97)130-117-57-33-27-51-98(117)122)92(78-123)105(70-71-119(2,3)127)125-108-66-60-88(82-38-14-6-15-39-82)74-101(108)121(102-75-89(61-67-109(102)125)83-40-16-7-17-41-83)95-48-24-30-54-114(95)129-115-55-31-25-49-96(115)121/h4-69,72-77,127H,70-71H2,1-3H3/b105-92+,118-79-. The van der Waals surface area contributed by atoms with E-state index in [0.29, 0.717) is 17.0 Å². The molecule has 3 spiro atoms. The van der Waals surface area contributed by atoms with E-state index in [1.54, 1.807) is 0 Å². The number of nitrogens with zero attached hydrogens (tertiary/aromatic N) is 4. The van der Waals surface area contributed by atoms with Gasteiger partial charge in [0, 0.05) is 44.8 Å². The number of fused-ring (bicyclic) bond motifs is 24. The summed E-state index contributed by atoms with van der Waals surface area (Å²) in [4.78, 5) is 7.38. The van der Waals surface area contributed by atoms with Crippen LogP contribution in [0, 0.1) is 11.3 Å². The van der Waals surface area contributed by atoms with Crippen LogP contribution in [0.25, 0.3) is 66.8 Å². The topological polar surface area (TPSA) is 81.4 Å². The van der Waals surface area contributed by atoms with Crippen molar-refractivity contribution in [2.45, 2.75) is 55.5 Å². The van der Waals surface area contributed by atoms with Crippen LogP contribution < -0.4 is 28.9 Å². The summed E-state index contributed by atoms with van der Waals surface area (Å²) >= 11 is 0. The average Bonchev–Trinajstić information content (AvgIpc) is 0.681. The Balaban J connectivity index is 0.899. The van der Waals surface area contributed by atoms with E-state index >= 15 is 0 Å². The Kier molecular flexibility index (Phi) is 18.1. The highest BCUT2D eigenvalue weighted by Gasteiger charge is 2.57. The Morgan fingerprint density at radius 1 is 0.262 bits per heavy atom. The summed E-state index contributed by atoms with van der Waals surface area (Å²) in [6.07, 6.45) is 0.413. The quantitative estimate of drug-likeness (QED) is 0.0903. The van der Waals surface area contributed by atoms with Crippen LogP contribution in [0.1, 0.15) is 100 Å².